The van der Waals surface area contributed by atoms with E-state index in [0.717, 1.165) is 24.9 Å². The third-order valence-corrected chi connectivity index (χ3v) is 7.28. The Morgan fingerprint density at radius 3 is 2.81 bits per heavy atom. The number of fused-ring (bicyclic) bond motifs is 1. The van der Waals surface area contributed by atoms with E-state index in [4.69, 9.17) is 0 Å². The quantitative estimate of drug-likeness (QED) is 0.622. The van der Waals surface area contributed by atoms with E-state index in [1.165, 1.54) is 18.5 Å². The minimum Gasteiger partial charge on any atom is -0.356 e. The van der Waals surface area contributed by atoms with Crippen molar-refractivity contribution in [1.82, 2.24) is 14.7 Å². The van der Waals surface area contributed by atoms with Crippen LogP contribution in [-0.4, -0.2) is 38.0 Å². The molecule has 164 valence electrons. The first-order valence-corrected chi connectivity index (χ1v) is 12.1. The Hall–Kier alpha value is -2.58. The van der Waals surface area contributed by atoms with Crippen LogP contribution in [-0.2, 0) is 10.0 Å². The van der Waals surface area contributed by atoms with E-state index < -0.39 is 10.0 Å². The minimum atomic E-state index is -3.60. The van der Waals surface area contributed by atoms with Gasteiger partial charge < -0.3 is 4.90 Å². The maximum Gasteiger partial charge on any atom is 0.240 e. The molecule has 1 N–H and O–H groups in total. The Morgan fingerprint density at radius 2 is 2.00 bits per heavy atom. The average Bonchev–Trinajstić information content (AvgIpc) is 2.77. The Kier molecular flexibility index (Phi) is 6.20. The van der Waals surface area contributed by atoms with Gasteiger partial charge in [-0.1, -0.05) is 32.0 Å². The third-order valence-electron chi connectivity index (χ3n) is 5.79. The first kappa shape index (κ1) is 21.6. The highest BCUT2D eigenvalue weighted by Gasteiger charge is 2.26. The second-order valence-electron chi connectivity index (χ2n) is 8.36. The maximum atomic E-state index is 13.8. The van der Waals surface area contributed by atoms with Gasteiger partial charge in [0.25, 0.3) is 0 Å². The number of piperidine rings is 1. The van der Waals surface area contributed by atoms with Gasteiger partial charge in [-0.15, -0.1) is 0 Å². The molecule has 0 bridgehead atoms. The molecular weight excluding hydrogens is 415 g/mol. The second-order valence-corrected chi connectivity index (χ2v) is 10.1. The van der Waals surface area contributed by atoms with Gasteiger partial charge in [-0.25, -0.2) is 27.5 Å². The van der Waals surface area contributed by atoms with Crippen LogP contribution in [0, 0.1) is 11.7 Å². The van der Waals surface area contributed by atoms with Gasteiger partial charge in [-0.3, -0.25) is 0 Å². The molecule has 8 heteroatoms. The summed E-state index contributed by atoms with van der Waals surface area (Å²) in [6.07, 6.45) is 3.32. The lowest BCUT2D eigenvalue weighted by atomic mass is 9.98. The average molecular weight is 443 g/mol. The van der Waals surface area contributed by atoms with E-state index in [1.807, 2.05) is 26.0 Å². The van der Waals surface area contributed by atoms with Gasteiger partial charge >= 0.3 is 0 Å². The topological polar surface area (TPSA) is 75.2 Å². The van der Waals surface area contributed by atoms with Gasteiger partial charge in [-0.05, 0) is 54.5 Å². The van der Waals surface area contributed by atoms with Crippen molar-refractivity contribution in [2.75, 3.05) is 24.5 Å². The Bertz CT molecular complexity index is 1180. The van der Waals surface area contributed by atoms with Gasteiger partial charge in [0.1, 0.15) is 18.0 Å². The molecule has 0 radical (unpaired) electrons. The summed E-state index contributed by atoms with van der Waals surface area (Å²) >= 11 is 0. The van der Waals surface area contributed by atoms with Crippen molar-refractivity contribution in [2.24, 2.45) is 5.92 Å². The molecule has 0 amide bonds. The zero-order chi connectivity index (χ0) is 22.0. The molecule has 1 aliphatic rings. The lowest BCUT2D eigenvalue weighted by Crippen LogP contribution is -2.41. The van der Waals surface area contributed by atoms with E-state index in [2.05, 4.69) is 19.6 Å². The van der Waals surface area contributed by atoms with Crippen molar-refractivity contribution >= 4 is 26.7 Å². The number of hydrogen-bond donors (Lipinski definition) is 1. The standard InChI is InChI=1S/C23H27FN4O2S/c1-16(2)19-7-3-4-8-22(19)31(29,30)27-13-17-6-5-11-28(14-17)23-20-12-18(24)9-10-21(20)25-15-26-23/h3-4,7-10,12,15-17,27H,5-6,11,13-14H2,1-2H3. The van der Waals surface area contributed by atoms with Crippen LogP contribution in [0.15, 0.2) is 53.7 Å². The highest BCUT2D eigenvalue weighted by molar-refractivity contribution is 7.89. The third kappa shape index (κ3) is 4.70. The van der Waals surface area contributed by atoms with Gasteiger partial charge in [-0.2, -0.15) is 0 Å². The van der Waals surface area contributed by atoms with Crippen LogP contribution in [0.1, 0.15) is 38.2 Å². The van der Waals surface area contributed by atoms with Crippen molar-refractivity contribution < 1.29 is 12.8 Å². The summed E-state index contributed by atoms with van der Waals surface area (Å²) < 4.78 is 42.6. The smallest absolute Gasteiger partial charge is 0.240 e. The molecule has 6 nitrogen and oxygen atoms in total. The molecule has 1 saturated heterocycles. The maximum absolute atomic E-state index is 13.8. The molecule has 1 unspecified atom stereocenters. The molecule has 2 aromatic carbocycles. The van der Waals surface area contributed by atoms with Crippen molar-refractivity contribution in [2.45, 2.75) is 37.5 Å². The summed E-state index contributed by atoms with van der Waals surface area (Å²) in [7, 11) is -3.60. The molecule has 1 aliphatic heterocycles. The van der Waals surface area contributed by atoms with Crippen LogP contribution < -0.4 is 9.62 Å². The van der Waals surface area contributed by atoms with Gasteiger partial charge in [0.2, 0.25) is 10.0 Å². The van der Waals surface area contributed by atoms with Crippen LogP contribution in [0.5, 0.6) is 0 Å². The fourth-order valence-corrected chi connectivity index (χ4v) is 5.68. The van der Waals surface area contributed by atoms with Crippen LogP contribution in [0.2, 0.25) is 0 Å². The van der Waals surface area contributed by atoms with Crippen molar-refractivity contribution in [1.29, 1.82) is 0 Å². The van der Waals surface area contributed by atoms with Crippen molar-refractivity contribution in [3.63, 3.8) is 0 Å². The van der Waals surface area contributed by atoms with E-state index >= 15 is 0 Å². The molecule has 1 fully saturated rings. The summed E-state index contributed by atoms with van der Waals surface area (Å²) in [4.78, 5) is 11.1. The number of aromatic nitrogens is 2. The summed E-state index contributed by atoms with van der Waals surface area (Å²) in [6, 6.07) is 11.6. The van der Waals surface area contributed by atoms with E-state index in [-0.39, 0.29) is 17.7 Å². The Labute approximate surface area is 182 Å². The molecule has 31 heavy (non-hydrogen) atoms. The van der Waals surface area contributed by atoms with Crippen LogP contribution in [0.25, 0.3) is 10.9 Å². The lowest BCUT2D eigenvalue weighted by Gasteiger charge is -2.34. The zero-order valence-electron chi connectivity index (χ0n) is 17.8. The summed E-state index contributed by atoms with van der Waals surface area (Å²) in [5, 5.41) is 0.676. The second kappa shape index (κ2) is 8.88. The fraction of sp³-hybridized carbons (Fsp3) is 0.391. The Balaban J connectivity index is 1.50. The highest BCUT2D eigenvalue weighted by atomic mass is 32.2. The normalized spacial score (nSPS) is 17.4. The number of anilines is 1. The summed E-state index contributed by atoms with van der Waals surface area (Å²) in [6.45, 7) is 5.77. The van der Waals surface area contributed by atoms with E-state index in [0.29, 0.717) is 34.7 Å². The predicted molar refractivity (Wildman–Crippen MR) is 120 cm³/mol. The highest BCUT2D eigenvalue weighted by Crippen LogP contribution is 2.28. The number of hydrogen-bond acceptors (Lipinski definition) is 5. The molecule has 0 spiro atoms. The molecule has 2 heterocycles. The molecule has 1 atom stereocenters. The number of halogens is 1. The van der Waals surface area contributed by atoms with Crippen LogP contribution in [0.4, 0.5) is 10.2 Å². The molecule has 0 aliphatic carbocycles. The van der Waals surface area contributed by atoms with E-state index in [1.54, 1.807) is 18.2 Å². The molecule has 4 rings (SSSR count). The SMILES string of the molecule is CC(C)c1ccccc1S(=O)(=O)NCC1CCCN(c2ncnc3ccc(F)cc23)C1. The number of benzene rings is 2. The molecular formula is C23H27FN4O2S. The van der Waals surface area contributed by atoms with Gasteiger partial charge in [0.05, 0.1) is 10.4 Å². The Morgan fingerprint density at radius 1 is 1.19 bits per heavy atom. The van der Waals surface area contributed by atoms with Crippen molar-refractivity contribution in [3.05, 3.63) is 60.2 Å². The first-order chi connectivity index (χ1) is 14.8. The lowest BCUT2D eigenvalue weighted by molar-refractivity contribution is 0.409. The molecule has 0 saturated carbocycles. The minimum absolute atomic E-state index is 0.115. The monoisotopic (exact) mass is 442 g/mol. The van der Waals surface area contributed by atoms with Gasteiger partial charge in [0, 0.05) is 25.0 Å². The number of nitrogens with one attached hydrogen (secondary N) is 1. The van der Waals surface area contributed by atoms with Gasteiger partial charge in [0.15, 0.2) is 0 Å². The summed E-state index contributed by atoms with van der Waals surface area (Å²) in [5.41, 5.74) is 1.51. The summed E-state index contributed by atoms with van der Waals surface area (Å²) in [5.74, 6) is 0.619. The number of nitrogens with zero attached hydrogens (tertiary/aromatic N) is 3. The van der Waals surface area contributed by atoms with Crippen molar-refractivity contribution in [3.8, 4) is 0 Å². The predicted octanol–water partition coefficient (Wildman–Crippen LogP) is 4.09. The number of rotatable bonds is 6. The van der Waals surface area contributed by atoms with Crippen LogP contribution >= 0.6 is 0 Å². The first-order valence-electron chi connectivity index (χ1n) is 10.6. The zero-order valence-corrected chi connectivity index (χ0v) is 18.6. The largest absolute Gasteiger partial charge is 0.356 e. The molecule has 3 aromatic rings. The fourth-order valence-electron chi connectivity index (χ4n) is 4.20. The van der Waals surface area contributed by atoms with E-state index in [9.17, 15) is 12.8 Å². The van der Waals surface area contributed by atoms with Crippen LogP contribution in [0.3, 0.4) is 0 Å². The molecule has 1 aromatic heterocycles. The number of sulfonamides is 1.